The lowest BCUT2D eigenvalue weighted by Crippen LogP contribution is -2.45. The molecular formula is C24H26N2O5S. The average molecular weight is 455 g/mol. The SMILES string of the molecule is COc1ccc(OCC(C)NC(=O)CN(c2ccccc2)S(=O)(=O)c2ccccc2)cc1. The van der Waals surface area contributed by atoms with Gasteiger partial charge in [-0.05, 0) is 55.5 Å². The molecule has 1 unspecified atom stereocenters. The molecule has 0 fully saturated rings. The number of rotatable bonds is 10. The van der Waals surface area contributed by atoms with E-state index < -0.39 is 15.9 Å². The number of carbonyl (C=O) groups is 1. The van der Waals surface area contributed by atoms with Crippen LogP contribution in [0.5, 0.6) is 11.5 Å². The largest absolute Gasteiger partial charge is 0.497 e. The van der Waals surface area contributed by atoms with E-state index in [1.165, 1.54) is 12.1 Å². The van der Waals surface area contributed by atoms with Crippen LogP contribution in [0.2, 0.25) is 0 Å². The monoisotopic (exact) mass is 454 g/mol. The zero-order valence-corrected chi connectivity index (χ0v) is 18.8. The van der Waals surface area contributed by atoms with E-state index in [1.54, 1.807) is 86.8 Å². The number of ether oxygens (including phenoxy) is 2. The van der Waals surface area contributed by atoms with Gasteiger partial charge in [0.2, 0.25) is 5.91 Å². The van der Waals surface area contributed by atoms with Crippen LogP contribution in [0.3, 0.4) is 0 Å². The van der Waals surface area contributed by atoms with Gasteiger partial charge >= 0.3 is 0 Å². The fraction of sp³-hybridized carbons (Fsp3) is 0.208. The molecule has 0 aliphatic heterocycles. The van der Waals surface area contributed by atoms with E-state index in [0.29, 0.717) is 11.4 Å². The lowest BCUT2D eigenvalue weighted by molar-refractivity contribution is -0.120. The first kappa shape index (κ1) is 23.1. The van der Waals surface area contributed by atoms with Crippen LogP contribution in [0, 0.1) is 0 Å². The summed E-state index contributed by atoms with van der Waals surface area (Å²) in [6, 6.07) is 23.4. The van der Waals surface area contributed by atoms with Crippen LogP contribution in [0.15, 0.2) is 89.8 Å². The Labute approximate surface area is 188 Å². The molecule has 0 radical (unpaired) electrons. The minimum atomic E-state index is -3.92. The molecule has 0 aromatic heterocycles. The summed E-state index contributed by atoms with van der Waals surface area (Å²) in [5.41, 5.74) is 0.411. The van der Waals surface area contributed by atoms with Crippen molar-refractivity contribution in [2.45, 2.75) is 17.9 Å². The molecule has 0 saturated carbocycles. The number of hydrogen-bond donors (Lipinski definition) is 1. The number of anilines is 1. The molecule has 3 rings (SSSR count). The Balaban J connectivity index is 1.67. The van der Waals surface area contributed by atoms with E-state index in [-0.39, 0.29) is 24.1 Å². The number of carbonyl (C=O) groups excluding carboxylic acids is 1. The van der Waals surface area contributed by atoms with Crippen molar-refractivity contribution >= 4 is 21.6 Å². The fourth-order valence-corrected chi connectivity index (χ4v) is 4.46. The van der Waals surface area contributed by atoms with Gasteiger partial charge in [-0.15, -0.1) is 0 Å². The van der Waals surface area contributed by atoms with Crippen molar-refractivity contribution < 1.29 is 22.7 Å². The van der Waals surface area contributed by atoms with Crippen LogP contribution in [0.25, 0.3) is 0 Å². The van der Waals surface area contributed by atoms with E-state index >= 15 is 0 Å². The molecule has 0 aliphatic rings. The molecule has 0 heterocycles. The average Bonchev–Trinajstić information content (AvgIpc) is 2.82. The molecule has 3 aromatic rings. The van der Waals surface area contributed by atoms with Crippen molar-refractivity contribution in [1.29, 1.82) is 0 Å². The third-order valence-corrected chi connectivity index (χ3v) is 6.42. The number of hydrogen-bond acceptors (Lipinski definition) is 5. The van der Waals surface area contributed by atoms with Gasteiger partial charge in [-0.25, -0.2) is 8.42 Å². The summed E-state index contributed by atoms with van der Waals surface area (Å²) in [5.74, 6) is 0.933. The maximum Gasteiger partial charge on any atom is 0.264 e. The van der Waals surface area contributed by atoms with Gasteiger partial charge < -0.3 is 14.8 Å². The standard InChI is InChI=1S/C24H26N2O5S/c1-19(18-31-22-15-13-21(30-2)14-16-22)25-24(27)17-26(20-9-5-3-6-10-20)32(28,29)23-11-7-4-8-12-23/h3-16,19H,17-18H2,1-2H3,(H,25,27). The number of amides is 1. The summed E-state index contributed by atoms with van der Waals surface area (Å²) < 4.78 is 38.4. The highest BCUT2D eigenvalue weighted by Gasteiger charge is 2.27. The molecule has 8 heteroatoms. The summed E-state index contributed by atoms with van der Waals surface area (Å²) in [6.45, 7) is 1.67. The van der Waals surface area contributed by atoms with Crippen molar-refractivity contribution in [3.63, 3.8) is 0 Å². The molecule has 1 amide bonds. The predicted molar refractivity (Wildman–Crippen MR) is 124 cm³/mol. The summed E-state index contributed by atoms with van der Waals surface area (Å²) >= 11 is 0. The van der Waals surface area contributed by atoms with E-state index in [0.717, 1.165) is 10.1 Å². The topological polar surface area (TPSA) is 84.9 Å². The zero-order chi connectivity index (χ0) is 23.0. The van der Waals surface area contributed by atoms with Crippen molar-refractivity contribution in [3.05, 3.63) is 84.9 Å². The molecule has 168 valence electrons. The van der Waals surface area contributed by atoms with Crippen LogP contribution in [0.4, 0.5) is 5.69 Å². The van der Waals surface area contributed by atoms with Gasteiger partial charge in [-0.3, -0.25) is 9.10 Å². The lowest BCUT2D eigenvalue weighted by Gasteiger charge is -2.25. The van der Waals surface area contributed by atoms with Gasteiger partial charge in [-0.2, -0.15) is 0 Å². The predicted octanol–water partition coefficient (Wildman–Crippen LogP) is 3.47. The molecule has 0 aliphatic carbocycles. The van der Waals surface area contributed by atoms with Crippen molar-refractivity contribution in [2.75, 3.05) is 24.6 Å². The summed E-state index contributed by atoms with van der Waals surface area (Å²) in [7, 11) is -2.33. The molecule has 0 spiro atoms. The highest BCUT2D eigenvalue weighted by Crippen LogP contribution is 2.23. The Morgan fingerprint density at radius 3 is 2.06 bits per heavy atom. The van der Waals surface area contributed by atoms with E-state index in [2.05, 4.69) is 5.32 Å². The third kappa shape index (κ3) is 6.01. The van der Waals surface area contributed by atoms with Gasteiger partial charge in [0.1, 0.15) is 24.7 Å². The van der Waals surface area contributed by atoms with Gasteiger partial charge in [0, 0.05) is 0 Å². The van der Waals surface area contributed by atoms with Gasteiger partial charge in [0.25, 0.3) is 10.0 Å². The van der Waals surface area contributed by atoms with Crippen molar-refractivity contribution in [3.8, 4) is 11.5 Å². The van der Waals surface area contributed by atoms with Crippen LogP contribution in [0.1, 0.15) is 6.92 Å². The normalized spacial score (nSPS) is 11.9. The van der Waals surface area contributed by atoms with Crippen LogP contribution < -0.4 is 19.1 Å². The Morgan fingerprint density at radius 2 is 1.47 bits per heavy atom. The van der Waals surface area contributed by atoms with Crippen LogP contribution >= 0.6 is 0 Å². The molecule has 3 aromatic carbocycles. The smallest absolute Gasteiger partial charge is 0.264 e. The van der Waals surface area contributed by atoms with Gasteiger partial charge in [-0.1, -0.05) is 36.4 Å². The van der Waals surface area contributed by atoms with Gasteiger partial charge in [0.05, 0.1) is 23.7 Å². The first-order chi connectivity index (χ1) is 15.4. The minimum absolute atomic E-state index is 0.118. The highest BCUT2D eigenvalue weighted by molar-refractivity contribution is 7.92. The number of nitrogens with one attached hydrogen (secondary N) is 1. The number of sulfonamides is 1. The number of nitrogens with zero attached hydrogens (tertiary/aromatic N) is 1. The van der Waals surface area contributed by atoms with E-state index in [9.17, 15) is 13.2 Å². The Bertz CT molecular complexity index is 1100. The molecule has 0 saturated heterocycles. The third-order valence-electron chi connectivity index (χ3n) is 4.63. The van der Waals surface area contributed by atoms with Crippen LogP contribution in [-0.4, -0.2) is 40.6 Å². The number of para-hydroxylation sites is 1. The maximum absolute atomic E-state index is 13.2. The summed E-state index contributed by atoms with van der Waals surface area (Å²) in [6.07, 6.45) is 0. The highest BCUT2D eigenvalue weighted by atomic mass is 32.2. The van der Waals surface area contributed by atoms with Crippen molar-refractivity contribution in [1.82, 2.24) is 5.32 Å². The molecule has 32 heavy (non-hydrogen) atoms. The Morgan fingerprint density at radius 1 is 0.906 bits per heavy atom. The molecule has 1 atom stereocenters. The molecular weight excluding hydrogens is 428 g/mol. The van der Waals surface area contributed by atoms with E-state index in [1.807, 2.05) is 0 Å². The minimum Gasteiger partial charge on any atom is -0.497 e. The number of methoxy groups -OCH3 is 1. The quantitative estimate of drug-likeness (QED) is 0.507. The first-order valence-corrected chi connectivity index (χ1v) is 11.5. The fourth-order valence-electron chi connectivity index (χ4n) is 3.01. The lowest BCUT2D eigenvalue weighted by atomic mass is 10.3. The Kier molecular flexibility index (Phi) is 7.72. The first-order valence-electron chi connectivity index (χ1n) is 10.1. The molecule has 0 bridgehead atoms. The molecule has 1 N–H and O–H groups in total. The van der Waals surface area contributed by atoms with Crippen LogP contribution in [-0.2, 0) is 14.8 Å². The van der Waals surface area contributed by atoms with Gasteiger partial charge in [0.15, 0.2) is 0 Å². The van der Waals surface area contributed by atoms with Crippen molar-refractivity contribution in [2.24, 2.45) is 0 Å². The second-order valence-corrected chi connectivity index (χ2v) is 8.98. The zero-order valence-electron chi connectivity index (χ0n) is 18.0. The van der Waals surface area contributed by atoms with E-state index in [4.69, 9.17) is 9.47 Å². The number of benzene rings is 3. The second kappa shape index (κ2) is 10.7. The summed E-state index contributed by atoms with van der Waals surface area (Å²) in [5, 5.41) is 2.80. The summed E-state index contributed by atoms with van der Waals surface area (Å²) in [4.78, 5) is 12.8. The Hall–Kier alpha value is -3.52. The second-order valence-electron chi connectivity index (χ2n) is 7.12. The maximum atomic E-state index is 13.2. The molecule has 7 nitrogen and oxygen atoms in total.